The number of hydrogen-bond donors (Lipinski definition) is 2. The number of carbonyl (C=O) groups is 2. The van der Waals surface area contributed by atoms with Gasteiger partial charge in [-0.25, -0.2) is 0 Å². The Bertz CT molecular complexity index is 1560. The van der Waals surface area contributed by atoms with Crippen molar-refractivity contribution >= 4 is 11.9 Å². The number of halogens is 3. The third kappa shape index (κ3) is 8.82. The number of benzene rings is 2. The van der Waals surface area contributed by atoms with Gasteiger partial charge in [0.2, 0.25) is 5.91 Å². The number of aliphatic hydroxyl groups is 1. The van der Waals surface area contributed by atoms with Gasteiger partial charge in [0.1, 0.15) is 6.04 Å². The summed E-state index contributed by atoms with van der Waals surface area (Å²) < 4.78 is 47.5. The summed E-state index contributed by atoms with van der Waals surface area (Å²) in [5, 5.41) is 14.5. The largest absolute Gasteiger partial charge is 0.469 e. The first-order valence-electron chi connectivity index (χ1n) is 14.7. The number of methoxy groups -OCH3 is 1. The normalized spacial score (nSPS) is 13.9. The Balaban J connectivity index is 2.14. The topological polar surface area (TPSA) is 101 Å². The van der Waals surface area contributed by atoms with E-state index in [1.165, 1.54) is 0 Å². The van der Waals surface area contributed by atoms with Crippen LogP contribution in [0.15, 0.2) is 59.5 Å². The van der Waals surface area contributed by atoms with Gasteiger partial charge in [-0.3, -0.25) is 14.4 Å². The van der Waals surface area contributed by atoms with Crippen molar-refractivity contribution in [3.8, 4) is 11.1 Å². The minimum Gasteiger partial charge on any atom is -0.469 e. The molecular formula is C34H42F3N3O5. The van der Waals surface area contributed by atoms with Crippen molar-refractivity contribution in [2.75, 3.05) is 27.7 Å². The average molecular weight is 630 g/mol. The van der Waals surface area contributed by atoms with E-state index < -0.39 is 47.4 Å². The van der Waals surface area contributed by atoms with Crippen molar-refractivity contribution in [1.82, 2.24) is 14.8 Å². The van der Waals surface area contributed by atoms with Gasteiger partial charge < -0.3 is 24.6 Å². The first-order valence-corrected chi connectivity index (χ1v) is 14.7. The van der Waals surface area contributed by atoms with Crippen LogP contribution in [0.2, 0.25) is 0 Å². The first kappa shape index (κ1) is 35.5. The van der Waals surface area contributed by atoms with Gasteiger partial charge in [-0.05, 0) is 80.6 Å². The third-order valence-electron chi connectivity index (χ3n) is 7.70. The highest BCUT2D eigenvalue weighted by Crippen LogP contribution is 2.34. The molecule has 2 N–H and O–H groups in total. The van der Waals surface area contributed by atoms with Gasteiger partial charge in [0.15, 0.2) is 5.72 Å². The molecule has 45 heavy (non-hydrogen) atoms. The van der Waals surface area contributed by atoms with E-state index in [9.17, 15) is 32.7 Å². The monoisotopic (exact) mass is 629 g/mol. The Morgan fingerprint density at radius 1 is 1.04 bits per heavy atom. The number of rotatable bonds is 12. The lowest BCUT2D eigenvalue weighted by molar-refractivity contribution is -0.151. The van der Waals surface area contributed by atoms with Crippen LogP contribution in [-0.2, 0) is 32.6 Å². The van der Waals surface area contributed by atoms with Crippen molar-refractivity contribution in [1.29, 1.82) is 0 Å². The molecule has 0 bridgehead atoms. The fraction of sp³-hybridized carbons (Fsp3) is 0.441. The van der Waals surface area contributed by atoms with E-state index in [0.29, 0.717) is 6.07 Å². The maximum atomic E-state index is 14.0. The first-order chi connectivity index (χ1) is 21.0. The highest BCUT2D eigenvalue weighted by Gasteiger charge is 2.39. The number of nitrogens with one attached hydrogen (secondary N) is 1. The summed E-state index contributed by atoms with van der Waals surface area (Å²) in [6.45, 7) is 7.77. The molecule has 0 spiro atoms. The molecule has 0 fully saturated rings. The van der Waals surface area contributed by atoms with Crippen LogP contribution in [0.1, 0.15) is 60.5 Å². The van der Waals surface area contributed by atoms with Crippen molar-refractivity contribution < 1.29 is 32.6 Å². The molecule has 1 unspecified atom stereocenters. The predicted octanol–water partition coefficient (Wildman–Crippen LogP) is 5.37. The molecular weight excluding hydrogens is 587 g/mol. The van der Waals surface area contributed by atoms with E-state index in [0.717, 1.165) is 40.1 Å². The van der Waals surface area contributed by atoms with E-state index >= 15 is 0 Å². The molecule has 1 amide bonds. The number of aromatic nitrogens is 1. The van der Waals surface area contributed by atoms with Crippen LogP contribution in [0.3, 0.4) is 0 Å². The lowest BCUT2D eigenvalue weighted by Gasteiger charge is -2.32. The maximum Gasteiger partial charge on any atom is 0.416 e. The standard InChI is InChI=1S/C34H42F3N3O5/c1-21(2)16-28(40-20-25(14-15-39(5)6)27(18-29(40)41)34(35,36)37)32(43)38-33(44,19-30(42)45-7)26-13-9-12-24(17-26)31-22(3)10-8-11-23(31)4/h8-13,17-18,20-21,28,44H,14-16,19H2,1-7H3,(H,38,43)/t28?,33-/m0/s1. The maximum absolute atomic E-state index is 14.0. The van der Waals surface area contributed by atoms with Crippen molar-refractivity contribution in [2.24, 2.45) is 5.92 Å². The summed E-state index contributed by atoms with van der Waals surface area (Å²) in [5.74, 6) is -1.82. The van der Waals surface area contributed by atoms with E-state index in [2.05, 4.69) is 5.32 Å². The Labute approximate surface area is 261 Å². The smallest absolute Gasteiger partial charge is 0.416 e. The summed E-state index contributed by atoms with van der Waals surface area (Å²) in [6, 6.07) is 11.8. The van der Waals surface area contributed by atoms with Gasteiger partial charge in [-0.1, -0.05) is 50.2 Å². The lowest BCUT2D eigenvalue weighted by atomic mass is 9.91. The van der Waals surface area contributed by atoms with Gasteiger partial charge in [0.25, 0.3) is 5.56 Å². The Hall–Kier alpha value is -3.96. The summed E-state index contributed by atoms with van der Waals surface area (Å²) >= 11 is 0. The number of likely N-dealkylation sites (N-methyl/N-ethyl adjacent to an activating group) is 1. The van der Waals surface area contributed by atoms with Crippen LogP contribution in [0.4, 0.5) is 13.2 Å². The van der Waals surface area contributed by atoms with Gasteiger partial charge in [-0.2, -0.15) is 13.2 Å². The molecule has 0 saturated heterocycles. The quantitative estimate of drug-likeness (QED) is 0.207. The van der Waals surface area contributed by atoms with Gasteiger partial charge >= 0.3 is 12.1 Å². The van der Waals surface area contributed by atoms with Crippen LogP contribution in [0.25, 0.3) is 11.1 Å². The SMILES string of the molecule is COC(=O)C[C@@](O)(NC(=O)C(CC(C)C)n1cc(CCN(C)C)c(C(F)(F)F)cc1=O)c1cccc(-c2c(C)cccc2C)c1. The number of hydrogen-bond acceptors (Lipinski definition) is 6. The van der Waals surface area contributed by atoms with E-state index in [4.69, 9.17) is 4.74 Å². The number of pyridine rings is 1. The molecule has 1 aromatic heterocycles. The van der Waals surface area contributed by atoms with E-state index in [-0.39, 0.29) is 36.4 Å². The summed E-state index contributed by atoms with van der Waals surface area (Å²) in [7, 11) is 4.59. The molecule has 3 aromatic rings. The molecule has 244 valence electrons. The second kappa shape index (κ2) is 14.4. The molecule has 0 aliphatic carbocycles. The number of alkyl halides is 3. The summed E-state index contributed by atoms with van der Waals surface area (Å²) in [4.78, 5) is 41.4. The molecule has 0 radical (unpaired) electrons. The molecule has 0 aliphatic rings. The fourth-order valence-electron chi connectivity index (χ4n) is 5.42. The number of ether oxygens (including phenoxy) is 1. The molecule has 2 atom stereocenters. The molecule has 3 rings (SSSR count). The number of amides is 1. The van der Waals surface area contributed by atoms with Crippen LogP contribution >= 0.6 is 0 Å². The Kier molecular flexibility index (Phi) is 11.4. The van der Waals surface area contributed by atoms with Gasteiger partial charge in [0.05, 0.1) is 19.1 Å². The number of esters is 1. The third-order valence-corrected chi connectivity index (χ3v) is 7.70. The molecule has 0 saturated carbocycles. The highest BCUT2D eigenvalue weighted by atomic mass is 19.4. The van der Waals surface area contributed by atoms with Crippen molar-refractivity contribution in [3.05, 3.63) is 92.9 Å². The van der Waals surface area contributed by atoms with Crippen LogP contribution < -0.4 is 10.9 Å². The highest BCUT2D eigenvalue weighted by molar-refractivity contribution is 5.82. The minimum atomic E-state index is -4.77. The molecule has 11 heteroatoms. The molecule has 1 heterocycles. The number of aryl methyl sites for hydroxylation is 2. The van der Waals surface area contributed by atoms with Crippen LogP contribution in [0, 0.1) is 19.8 Å². The fourth-order valence-corrected chi connectivity index (χ4v) is 5.42. The van der Waals surface area contributed by atoms with E-state index in [1.54, 1.807) is 51.0 Å². The zero-order valence-corrected chi connectivity index (χ0v) is 26.8. The Morgan fingerprint density at radius 3 is 2.22 bits per heavy atom. The molecule has 8 nitrogen and oxygen atoms in total. The number of carbonyl (C=O) groups excluding carboxylic acids is 2. The average Bonchev–Trinajstić information content (AvgIpc) is 2.94. The van der Waals surface area contributed by atoms with Gasteiger partial charge in [0, 0.05) is 24.4 Å². The molecule has 2 aromatic carbocycles. The predicted molar refractivity (Wildman–Crippen MR) is 166 cm³/mol. The van der Waals surface area contributed by atoms with Crippen LogP contribution in [-0.4, -0.2) is 54.2 Å². The second-order valence-corrected chi connectivity index (χ2v) is 12.1. The van der Waals surface area contributed by atoms with Gasteiger partial charge in [-0.15, -0.1) is 0 Å². The second-order valence-electron chi connectivity index (χ2n) is 12.1. The number of nitrogens with zero attached hydrogens (tertiary/aromatic N) is 2. The Morgan fingerprint density at radius 2 is 1.67 bits per heavy atom. The summed E-state index contributed by atoms with van der Waals surface area (Å²) in [6.07, 6.45) is -4.29. The summed E-state index contributed by atoms with van der Waals surface area (Å²) in [5.41, 5.74) is -0.651. The lowest BCUT2D eigenvalue weighted by Crippen LogP contribution is -2.51. The zero-order valence-electron chi connectivity index (χ0n) is 26.8. The van der Waals surface area contributed by atoms with E-state index in [1.807, 2.05) is 38.1 Å². The minimum absolute atomic E-state index is 0.0183. The van der Waals surface area contributed by atoms with Crippen molar-refractivity contribution in [2.45, 2.75) is 64.9 Å². The van der Waals surface area contributed by atoms with Crippen molar-refractivity contribution in [3.63, 3.8) is 0 Å². The molecule has 0 aliphatic heterocycles. The zero-order chi connectivity index (χ0) is 33.7. The van der Waals surface area contributed by atoms with Crippen LogP contribution in [0.5, 0.6) is 0 Å².